The number of terminal acetylenes is 1. The summed E-state index contributed by atoms with van der Waals surface area (Å²) in [4.78, 5) is 2.49. The van der Waals surface area contributed by atoms with Gasteiger partial charge in [0.25, 0.3) is 0 Å². The van der Waals surface area contributed by atoms with E-state index in [1.54, 1.807) is 0 Å². The fraction of sp³-hybridized carbons (Fsp3) is 0.857. The molecule has 0 aliphatic heterocycles. The molecule has 0 saturated heterocycles. The maximum Gasteiger partial charge on any atom is 0.0599 e. The summed E-state index contributed by atoms with van der Waals surface area (Å²) in [6, 6.07) is 0.459. The maximum absolute atomic E-state index is 5.93. The molecule has 16 heavy (non-hydrogen) atoms. The zero-order chi connectivity index (χ0) is 11.4. The Morgan fingerprint density at radius 1 is 1.00 bits per heavy atom. The Morgan fingerprint density at radius 2 is 1.50 bits per heavy atom. The second kappa shape index (κ2) is 5.70. The lowest BCUT2D eigenvalue weighted by Crippen LogP contribution is -2.35. The van der Waals surface area contributed by atoms with E-state index in [2.05, 4.69) is 10.8 Å². The minimum absolute atomic E-state index is 0.459. The van der Waals surface area contributed by atoms with Crippen LogP contribution in [0.3, 0.4) is 0 Å². The fourth-order valence-corrected chi connectivity index (χ4v) is 2.73. The summed E-state index contributed by atoms with van der Waals surface area (Å²) in [6.07, 6.45) is 13.3. The molecule has 90 valence electrons. The van der Waals surface area contributed by atoms with Gasteiger partial charge in [-0.2, -0.15) is 0 Å². The Labute approximate surface area is 99.6 Å². The molecule has 0 amide bonds. The van der Waals surface area contributed by atoms with Gasteiger partial charge in [-0.15, -0.1) is 6.42 Å². The Bertz CT molecular complexity index is 244. The van der Waals surface area contributed by atoms with Crippen LogP contribution in [-0.2, 0) is 0 Å². The van der Waals surface area contributed by atoms with Gasteiger partial charge in [0, 0.05) is 19.1 Å². The van der Waals surface area contributed by atoms with Gasteiger partial charge in [0.05, 0.1) is 6.54 Å². The van der Waals surface area contributed by atoms with Crippen molar-refractivity contribution in [1.82, 2.24) is 4.90 Å². The van der Waals surface area contributed by atoms with Crippen molar-refractivity contribution in [3.63, 3.8) is 0 Å². The monoisotopic (exact) mass is 220 g/mol. The molecular weight excluding hydrogens is 196 g/mol. The van der Waals surface area contributed by atoms with Gasteiger partial charge >= 0.3 is 0 Å². The molecule has 0 atom stereocenters. The largest absolute Gasteiger partial charge is 0.328 e. The molecule has 0 spiro atoms. The van der Waals surface area contributed by atoms with E-state index in [1.165, 1.54) is 51.6 Å². The molecule has 2 fully saturated rings. The highest BCUT2D eigenvalue weighted by Gasteiger charge is 2.26. The summed E-state index contributed by atoms with van der Waals surface area (Å²) in [5.74, 6) is 4.58. The number of nitrogens with two attached hydrogens (primary N) is 1. The van der Waals surface area contributed by atoms with Gasteiger partial charge in [-0.05, 0) is 50.4 Å². The van der Waals surface area contributed by atoms with Gasteiger partial charge in [0.15, 0.2) is 0 Å². The van der Waals surface area contributed by atoms with Crippen molar-refractivity contribution in [3.05, 3.63) is 0 Å². The molecule has 2 saturated carbocycles. The number of nitrogens with zero attached hydrogens (tertiary/aromatic N) is 1. The van der Waals surface area contributed by atoms with E-state index in [0.717, 1.165) is 18.4 Å². The second-order valence-corrected chi connectivity index (χ2v) is 5.62. The molecule has 0 radical (unpaired) electrons. The summed E-state index contributed by atoms with van der Waals surface area (Å²) in [6.45, 7) is 3.26. The average molecular weight is 220 g/mol. The highest BCUT2D eigenvalue weighted by atomic mass is 15.1. The standard InChI is InChI=1S/C14H24N2/c1-2-9-16(10-12-3-4-12)11-13-5-7-14(15)8-6-13/h1,12-14H,3-11,15H2. The normalized spacial score (nSPS) is 30.3. The second-order valence-electron chi connectivity index (χ2n) is 5.62. The molecule has 2 heteroatoms. The van der Waals surface area contributed by atoms with E-state index < -0.39 is 0 Å². The van der Waals surface area contributed by atoms with Crippen molar-refractivity contribution in [3.8, 4) is 12.3 Å². The molecule has 2 N–H and O–H groups in total. The van der Waals surface area contributed by atoms with Crippen molar-refractivity contribution in [2.45, 2.75) is 44.6 Å². The smallest absolute Gasteiger partial charge is 0.0599 e. The van der Waals surface area contributed by atoms with Crippen LogP contribution in [0, 0.1) is 24.2 Å². The molecule has 0 aromatic carbocycles. The molecule has 2 nitrogen and oxygen atoms in total. The van der Waals surface area contributed by atoms with Gasteiger partial charge in [0.2, 0.25) is 0 Å². The van der Waals surface area contributed by atoms with E-state index in [4.69, 9.17) is 12.2 Å². The molecule has 0 unspecified atom stereocenters. The van der Waals surface area contributed by atoms with Crippen LogP contribution in [0.2, 0.25) is 0 Å². The zero-order valence-corrected chi connectivity index (χ0v) is 10.2. The van der Waals surface area contributed by atoms with Crippen molar-refractivity contribution in [2.24, 2.45) is 17.6 Å². The fourth-order valence-electron chi connectivity index (χ4n) is 2.73. The van der Waals surface area contributed by atoms with Crippen LogP contribution in [0.4, 0.5) is 0 Å². The van der Waals surface area contributed by atoms with E-state index in [-0.39, 0.29) is 0 Å². The zero-order valence-electron chi connectivity index (χ0n) is 10.2. The highest BCUT2D eigenvalue weighted by molar-refractivity contribution is 4.91. The predicted octanol–water partition coefficient (Wildman–Crippen LogP) is 1.85. The molecule has 0 aromatic rings. The average Bonchev–Trinajstić information content (AvgIpc) is 3.06. The van der Waals surface area contributed by atoms with Crippen molar-refractivity contribution in [1.29, 1.82) is 0 Å². The summed E-state index contributed by atoms with van der Waals surface area (Å²) < 4.78 is 0. The first-order chi connectivity index (χ1) is 7.78. The Hall–Kier alpha value is -0.520. The van der Waals surface area contributed by atoms with Crippen LogP contribution in [0.15, 0.2) is 0 Å². The number of hydrogen-bond acceptors (Lipinski definition) is 2. The minimum Gasteiger partial charge on any atom is -0.328 e. The molecule has 0 heterocycles. The van der Waals surface area contributed by atoms with Crippen LogP contribution in [-0.4, -0.2) is 30.6 Å². The predicted molar refractivity (Wildman–Crippen MR) is 67.9 cm³/mol. The minimum atomic E-state index is 0.459. The van der Waals surface area contributed by atoms with Crippen LogP contribution >= 0.6 is 0 Å². The van der Waals surface area contributed by atoms with Crippen LogP contribution in [0.1, 0.15) is 38.5 Å². The van der Waals surface area contributed by atoms with Gasteiger partial charge in [0.1, 0.15) is 0 Å². The van der Waals surface area contributed by atoms with Gasteiger partial charge in [-0.25, -0.2) is 0 Å². The Balaban J connectivity index is 1.73. The number of hydrogen-bond donors (Lipinski definition) is 1. The molecule has 0 aromatic heterocycles. The highest BCUT2D eigenvalue weighted by Crippen LogP contribution is 2.31. The summed E-state index contributed by atoms with van der Waals surface area (Å²) in [7, 11) is 0. The van der Waals surface area contributed by atoms with Crippen molar-refractivity contribution < 1.29 is 0 Å². The molecule has 2 rings (SSSR count). The lowest BCUT2D eigenvalue weighted by atomic mass is 9.86. The quantitative estimate of drug-likeness (QED) is 0.716. The maximum atomic E-state index is 5.93. The van der Waals surface area contributed by atoms with Gasteiger partial charge in [-0.3, -0.25) is 4.90 Å². The van der Waals surface area contributed by atoms with Crippen LogP contribution in [0.25, 0.3) is 0 Å². The first kappa shape index (κ1) is 12.0. The van der Waals surface area contributed by atoms with Crippen LogP contribution in [0.5, 0.6) is 0 Å². The summed E-state index contributed by atoms with van der Waals surface area (Å²) in [5, 5.41) is 0. The van der Waals surface area contributed by atoms with E-state index in [0.29, 0.717) is 6.04 Å². The van der Waals surface area contributed by atoms with Crippen LogP contribution < -0.4 is 5.73 Å². The molecule has 2 aliphatic carbocycles. The first-order valence-corrected chi connectivity index (χ1v) is 6.69. The SMILES string of the molecule is C#CCN(CC1CCC(N)CC1)CC1CC1. The third kappa shape index (κ3) is 3.81. The van der Waals surface area contributed by atoms with E-state index >= 15 is 0 Å². The third-order valence-corrected chi connectivity index (χ3v) is 3.94. The van der Waals surface area contributed by atoms with Crippen molar-refractivity contribution in [2.75, 3.05) is 19.6 Å². The Kier molecular flexibility index (Phi) is 4.26. The molecule has 0 bridgehead atoms. The lowest BCUT2D eigenvalue weighted by molar-refractivity contribution is 0.205. The van der Waals surface area contributed by atoms with Crippen molar-refractivity contribution >= 4 is 0 Å². The number of rotatable bonds is 5. The van der Waals surface area contributed by atoms with E-state index in [1.807, 2.05) is 0 Å². The topological polar surface area (TPSA) is 29.3 Å². The molecule has 2 aliphatic rings. The summed E-state index contributed by atoms with van der Waals surface area (Å²) >= 11 is 0. The Morgan fingerprint density at radius 3 is 1.94 bits per heavy atom. The lowest BCUT2D eigenvalue weighted by Gasteiger charge is -2.30. The van der Waals surface area contributed by atoms with Gasteiger partial charge < -0.3 is 5.73 Å². The first-order valence-electron chi connectivity index (χ1n) is 6.69. The third-order valence-electron chi connectivity index (χ3n) is 3.94. The van der Waals surface area contributed by atoms with Gasteiger partial charge in [-0.1, -0.05) is 5.92 Å². The van der Waals surface area contributed by atoms with E-state index in [9.17, 15) is 0 Å². The molecular formula is C14H24N2. The summed E-state index contributed by atoms with van der Waals surface area (Å²) in [5.41, 5.74) is 5.93.